The molecular formula is C21H32ClN5O2. The molecule has 0 aromatic heterocycles. The van der Waals surface area contributed by atoms with Gasteiger partial charge >= 0.3 is 0 Å². The largest absolute Gasteiger partial charge is 0.379 e. The molecule has 1 amide bonds. The summed E-state index contributed by atoms with van der Waals surface area (Å²) in [4.78, 5) is 23.1. The molecule has 3 rings (SSSR count). The first-order valence-corrected chi connectivity index (χ1v) is 10.7. The van der Waals surface area contributed by atoms with Crippen molar-refractivity contribution in [1.82, 2.24) is 15.1 Å². The fourth-order valence-corrected chi connectivity index (χ4v) is 3.49. The molecular weight excluding hydrogens is 390 g/mol. The van der Waals surface area contributed by atoms with Crippen LogP contribution >= 0.6 is 11.6 Å². The minimum atomic E-state index is 0.0975. The van der Waals surface area contributed by atoms with Gasteiger partial charge in [-0.05, 0) is 43.0 Å². The summed E-state index contributed by atoms with van der Waals surface area (Å²) in [7, 11) is 3.70. The Hall–Kier alpha value is -1.99. The van der Waals surface area contributed by atoms with E-state index in [1.165, 1.54) is 12.8 Å². The number of benzene rings is 1. The van der Waals surface area contributed by atoms with Crippen molar-refractivity contribution in [2.75, 3.05) is 71.5 Å². The number of amides is 1. The van der Waals surface area contributed by atoms with Gasteiger partial charge in [0.25, 0.3) is 0 Å². The highest BCUT2D eigenvalue weighted by molar-refractivity contribution is 6.30. The maximum Gasteiger partial charge on any atom is 0.242 e. The van der Waals surface area contributed by atoms with Gasteiger partial charge in [-0.15, -0.1) is 0 Å². The topological polar surface area (TPSA) is 60.4 Å². The van der Waals surface area contributed by atoms with E-state index in [9.17, 15) is 4.79 Å². The number of hydrogen-bond donors (Lipinski definition) is 1. The van der Waals surface area contributed by atoms with Gasteiger partial charge in [0, 0.05) is 64.1 Å². The Morgan fingerprint density at radius 3 is 2.55 bits per heavy atom. The van der Waals surface area contributed by atoms with Crippen LogP contribution in [-0.2, 0) is 9.53 Å². The minimum absolute atomic E-state index is 0.0975. The number of rotatable bonds is 8. The molecule has 2 fully saturated rings. The van der Waals surface area contributed by atoms with Crippen molar-refractivity contribution in [3.05, 3.63) is 29.3 Å². The van der Waals surface area contributed by atoms with Crippen LogP contribution in [0.5, 0.6) is 0 Å². The predicted octanol–water partition coefficient (Wildman–Crippen LogP) is 1.92. The van der Waals surface area contributed by atoms with Crippen LogP contribution in [0.15, 0.2) is 29.3 Å². The van der Waals surface area contributed by atoms with Crippen LogP contribution in [0.4, 0.5) is 5.69 Å². The van der Waals surface area contributed by atoms with Gasteiger partial charge < -0.3 is 24.8 Å². The maximum atomic E-state index is 12.6. The number of likely N-dealkylation sites (N-methyl/N-ethyl adjacent to an activating group) is 1. The maximum absolute atomic E-state index is 12.6. The Bertz CT molecular complexity index is 685. The van der Waals surface area contributed by atoms with E-state index in [0.717, 1.165) is 42.9 Å². The Morgan fingerprint density at radius 2 is 1.93 bits per heavy atom. The Labute approximate surface area is 178 Å². The summed E-state index contributed by atoms with van der Waals surface area (Å²) < 4.78 is 5.69. The molecule has 29 heavy (non-hydrogen) atoms. The second-order valence-electron chi connectivity index (χ2n) is 7.68. The van der Waals surface area contributed by atoms with Crippen molar-refractivity contribution in [3.63, 3.8) is 0 Å². The summed E-state index contributed by atoms with van der Waals surface area (Å²) in [5, 5.41) is 3.92. The van der Waals surface area contributed by atoms with Crippen molar-refractivity contribution in [1.29, 1.82) is 0 Å². The SMILES string of the molecule is CN=C(NCC(=O)N1CCN(c2ccc(Cl)cc2)CC1)N(C)CCOCC1CC1. The van der Waals surface area contributed by atoms with E-state index >= 15 is 0 Å². The van der Waals surface area contributed by atoms with Crippen LogP contribution in [0, 0.1) is 5.92 Å². The average Bonchev–Trinajstić information content (AvgIpc) is 3.56. The lowest BCUT2D eigenvalue weighted by molar-refractivity contribution is -0.130. The van der Waals surface area contributed by atoms with E-state index in [1.54, 1.807) is 7.05 Å². The molecule has 0 unspecified atom stereocenters. The summed E-state index contributed by atoms with van der Waals surface area (Å²) in [6, 6.07) is 7.85. The minimum Gasteiger partial charge on any atom is -0.379 e. The lowest BCUT2D eigenvalue weighted by atomic mass is 10.2. The van der Waals surface area contributed by atoms with Gasteiger partial charge in [-0.1, -0.05) is 11.6 Å². The molecule has 1 saturated heterocycles. The van der Waals surface area contributed by atoms with Crippen LogP contribution < -0.4 is 10.2 Å². The second kappa shape index (κ2) is 10.7. The summed E-state index contributed by atoms with van der Waals surface area (Å²) in [5.74, 6) is 1.59. The van der Waals surface area contributed by atoms with E-state index in [-0.39, 0.29) is 12.5 Å². The Balaban J connectivity index is 1.36. The van der Waals surface area contributed by atoms with Crippen molar-refractivity contribution in [2.24, 2.45) is 10.9 Å². The first-order valence-electron chi connectivity index (χ1n) is 10.3. The highest BCUT2D eigenvalue weighted by Crippen LogP contribution is 2.28. The number of guanidine groups is 1. The van der Waals surface area contributed by atoms with Crippen LogP contribution in [0.1, 0.15) is 12.8 Å². The zero-order valence-electron chi connectivity index (χ0n) is 17.4. The average molecular weight is 422 g/mol. The highest BCUT2D eigenvalue weighted by atomic mass is 35.5. The van der Waals surface area contributed by atoms with Crippen LogP contribution in [0.3, 0.4) is 0 Å². The van der Waals surface area contributed by atoms with Gasteiger partial charge in [0.2, 0.25) is 5.91 Å². The molecule has 1 saturated carbocycles. The number of nitrogens with one attached hydrogen (secondary N) is 1. The number of aliphatic imine (C=N–C) groups is 1. The zero-order valence-corrected chi connectivity index (χ0v) is 18.2. The molecule has 1 aromatic carbocycles. The number of nitrogens with zero attached hydrogens (tertiary/aromatic N) is 4. The molecule has 160 valence electrons. The normalized spacial score (nSPS) is 17.4. The van der Waals surface area contributed by atoms with E-state index < -0.39 is 0 Å². The van der Waals surface area contributed by atoms with Gasteiger partial charge in [-0.3, -0.25) is 9.79 Å². The third-order valence-electron chi connectivity index (χ3n) is 5.42. The lowest BCUT2D eigenvalue weighted by Crippen LogP contribution is -2.52. The van der Waals surface area contributed by atoms with Crippen molar-refractivity contribution < 1.29 is 9.53 Å². The molecule has 1 aliphatic carbocycles. The Morgan fingerprint density at radius 1 is 1.24 bits per heavy atom. The Kier molecular flexibility index (Phi) is 8.00. The second-order valence-corrected chi connectivity index (χ2v) is 8.12. The molecule has 0 atom stereocenters. The lowest BCUT2D eigenvalue weighted by Gasteiger charge is -2.36. The van der Waals surface area contributed by atoms with Crippen LogP contribution in [0.2, 0.25) is 5.02 Å². The standard InChI is InChI=1S/C21H32ClN5O2/c1-23-21(25(2)13-14-29-16-17-3-4-17)24-15-20(28)27-11-9-26(10-12-27)19-7-5-18(22)6-8-19/h5-8,17H,3-4,9-16H2,1-2H3,(H,23,24). The van der Waals surface area contributed by atoms with Crippen molar-refractivity contribution in [2.45, 2.75) is 12.8 Å². The monoisotopic (exact) mass is 421 g/mol. The molecule has 1 N–H and O–H groups in total. The number of carbonyl (C=O) groups is 1. The molecule has 1 aromatic rings. The molecule has 0 spiro atoms. The number of carbonyl (C=O) groups excluding carboxylic acids is 1. The molecule has 1 heterocycles. The van der Waals surface area contributed by atoms with Gasteiger partial charge in [-0.25, -0.2) is 0 Å². The molecule has 8 heteroatoms. The van der Waals surface area contributed by atoms with E-state index in [1.807, 2.05) is 41.1 Å². The van der Waals surface area contributed by atoms with E-state index in [0.29, 0.717) is 25.7 Å². The molecule has 0 bridgehead atoms. The van der Waals surface area contributed by atoms with Crippen LogP contribution in [0.25, 0.3) is 0 Å². The quantitative estimate of drug-likeness (QED) is 0.395. The highest BCUT2D eigenvalue weighted by Gasteiger charge is 2.22. The summed E-state index contributed by atoms with van der Waals surface area (Å²) in [6.45, 7) is 5.61. The number of ether oxygens (including phenoxy) is 1. The summed E-state index contributed by atoms with van der Waals surface area (Å²) in [5.41, 5.74) is 1.14. The third-order valence-corrected chi connectivity index (χ3v) is 5.67. The van der Waals surface area contributed by atoms with Crippen molar-refractivity contribution in [3.8, 4) is 0 Å². The molecule has 1 aliphatic heterocycles. The molecule has 7 nitrogen and oxygen atoms in total. The fraction of sp³-hybridized carbons (Fsp3) is 0.619. The van der Waals surface area contributed by atoms with E-state index in [4.69, 9.17) is 16.3 Å². The number of hydrogen-bond acceptors (Lipinski definition) is 4. The van der Waals surface area contributed by atoms with Gasteiger partial charge in [0.1, 0.15) is 0 Å². The van der Waals surface area contributed by atoms with E-state index in [2.05, 4.69) is 15.2 Å². The van der Waals surface area contributed by atoms with Gasteiger partial charge in [0.15, 0.2) is 5.96 Å². The first-order chi connectivity index (χ1) is 14.1. The third kappa shape index (κ3) is 6.78. The molecule has 2 aliphatic rings. The predicted molar refractivity (Wildman–Crippen MR) is 118 cm³/mol. The molecule has 0 radical (unpaired) electrons. The number of piperazine rings is 1. The smallest absolute Gasteiger partial charge is 0.242 e. The summed E-state index contributed by atoms with van der Waals surface area (Å²) in [6.07, 6.45) is 2.60. The van der Waals surface area contributed by atoms with Crippen molar-refractivity contribution >= 4 is 29.2 Å². The van der Waals surface area contributed by atoms with Gasteiger partial charge in [0.05, 0.1) is 13.2 Å². The van der Waals surface area contributed by atoms with Gasteiger partial charge in [-0.2, -0.15) is 0 Å². The fourth-order valence-electron chi connectivity index (χ4n) is 3.36. The zero-order chi connectivity index (χ0) is 20.6. The number of halogens is 1. The first kappa shape index (κ1) is 21.7. The summed E-state index contributed by atoms with van der Waals surface area (Å²) >= 11 is 5.96. The van der Waals surface area contributed by atoms with Crippen LogP contribution in [-0.4, -0.2) is 88.2 Å². The number of anilines is 1.